The van der Waals surface area contributed by atoms with Gasteiger partial charge in [-0.25, -0.2) is 0 Å². The van der Waals surface area contributed by atoms with Crippen LogP contribution in [0.4, 0.5) is 0 Å². The van der Waals surface area contributed by atoms with E-state index in [4.69, 9.17) is 5.10 Å². The first-order valence-electron chi connectivity index (χ1n) is 7.24. The molecule has 0 amide bonds. The van der Waals surface area contributed by atoms with Crippen molar-refractivity contribution < 1.29 is 0 Å². The average molecular weight is 414 g/mol. The van der Waals surface area contributed by atoms with Crippen LogP contribution in [0.15, 0.2) is 36.5 Å². The summed E-state index contributed by atoms with van der Waals surface area (Å²) in [4.78, 5) is 0. The van der Waals surface area contributed by atoms with Crippen LogP contribution >= 0.6 is 31.9 Å². The van der Waals surface area contributed by atoms with E-state index in [2.05, 4.69) is 89.2 Å². The van der Waals surface area contributed by atoms with E-state index in [-0.39, 0.29) is 5.41 Å². The molecule has 0 aliphatic rings. The van der Waals surface area contributed by atoms with E-state index >= 15 is 0 Å². The Morgan fingerprint density at radius 2 is 1.90 bits per heavy atom. The summed E-state index contributed by atoms with van der Waals surface area (Å²) in [6, 6.07) is 11.3. The Morgan fingerprint density at radius 1 is 1.19 bits per heavy atom. The lowest BCUT2D eigenvalue weighted by molar-refractivity contribution is 0.502. The molecule has 0 aliphatic carbocycles. The van der Waals surface area contributed by atoms with Gasteiger partial charge in [0.1, 0.15) is 0 Å². The Hall–Kier alpha value is -0.610. The van der Waals surface area contributed by atoms with E-state index in [0.717, 1.165) is 22.8 Å². The molecule has 0 saturated carbocycles. The topological polar surface area (TPSA) is 17.8 Å². The van der Waals surface area contributed by atoms with Gasteiger partial charge >= 0.3 is 0 Å². The molecule has 114 valence electrons. The molecule has 0 N–H and O–H groups in total. The smallest absolute Gasteiger partial charge is 0.0634 e. The largest absolute Gasteiger partial charge is 0.270 e. The van der Waals surface area contributed by atoms with Crippen LogP contribution in [-0.4, -0.2) is 20.4 Å². The van der Waals surface area contributed by atoms with Crippen LogP contribution in [0.25, 0.3) is 0 Å². The molecule has 1 aromatic carbocycles. The maximum atomic E-state index is 4.71. The summed E-state index contributed by atoms with van der Waals surface area (Å²) in [5.74, 6) is 0. The molecule has 21 heavy (non-hydrogen) atoms. The van der Waals surface area contributed by atoms with E-state index in [1.807, 2.05) is 4.68 Å². The number of benzene rings is 1. The van der Waals surface area contributed by atoms with Crippen LogP contribution in [0.2, 0.25) is 0 Å². The van der Waals surface area contributed by atoms with Crippen molar-refractivity contribution in [1.29, 1.82) is 0 Å². The maximum absolute atomic E-state index is 4.71. The summed E-state index contributed by atoms with van der Waals surface area (Å²) in [6.07, 6.45) is 3.00. The van der Waals surface area contributed by atoms with Crippen molar-refractivity contribution >= 4 is 31.9 Å². The summed E-state index contributed by atoms with van der Waals surface area (Å²) >= 11 is 7.45. The molecular weight excluding hydrogens is 392 g/mol. The van der Waals surface area contributed by atoms with Crippen molar-refractivity contribution in [3.8, 4) is 0 Å². The molecule has 0 aliphatic heterocycles. The van der Waals surface area contributed by atoms with Crippen LogP contribution in [0, 0.1) is 6.92 Å². The van der Waals surface area contributed by atoms with Crippen molar-refractivity contribution in [2.45, 2.75) is 38.6 Å². The van der Waals surface area contributed by atoms with Gasteiger partial charge in [-0.3, -0.25) is 4.68 Å². The molecule has 1 heterocycles. The fraction of sp³-hybridized carbons (Fsp3) is 0.471. The Balaban J connectivity index is 2.33. The molecule has 0 atom stereocenters. The van der Waals surface area contributed by atoms with Crippen molar-refractivity contribution in [2.24, 2.45) is 0 Å². The van der Waals surface area contributed by atoms with Gasteiger partial charge in [0.2, 0.25) is 0 Å². The fourth-order valence-electron chi connectivity index (χ4n) is 2.47. The van der Waals surface area contributed by atoms with Gasteiger partial charge in [-0.15, -0.1) is 0 Å². The van der Waals surface area contributed by atoms with Crippen molar-refractivity contribution in [1.82, 2.24) is 9.78 Å². The Kier molecular flexibility index (Phi) is 5.67. The van der Waals surface area contributed by atoms with Crippen LogP contribution in [0.5, 0.6) is 0 Å². The molecule has 0 spiro atoms. The lowest BCUT2D eigenvalue weighted by atomic mass is 9.80. The van der Waals surface area contributed by atoms with Gasteiger partial charge in [0.05, 0.1) is 5.69 Å². The highest BCUT2D eigenvalue weighted by molar-refractivity contribution is 9.09. The molecule has 4 heteroatoms. The number of rotatable bonds is 6. The van der Waals surface area contributed by atoms with Gasteiger partial charge in [-0.2, -0.15) is 5.10 Å². The minimum absolute atomic E-state index is 0.0299. The molecule has 0 fully saturated rings. The Morgan fingerprint density at radius 3 is 2.43 bits per heavy atom. The van der Waals surface area contributed by atoms with Gasteiger partial charge < -0.3 is 0 Å². The summed E-state index contributed by atoms with van der Waals surface area (Å²) in [6.45, 7) is 6.45. The second-order valence-corrected chi connectivity index (χ2v) is 7.10. The zero-order valence-corrected chi connectivity index (χ0v) is 16.0. The third-order valence-corrected chi connectivity index (χ3v) is 6.00. The minimum Gasteiger partial charge on any atom is -0.270 e. The van der Waals surface area contributed by atoms with Crippen molar-refractivity contribution in [3.05, 3.63) is 53.3 Å². The third-order valence-electron chi connectivity index (χ3n) is 3.85. The van der Waals surface area contributed by atoms with E-state index in [1.54, 1.807) is 0 Å². The molecule has 0 unspecified atom stereocenters. The summed E-state index contributed by atoms with van der Waals surface area (Å²) in [5.41, 5.74) is 3.83. The number of nitrogens with zero attached hydrogens (tertiary/aromatic N) is 2. The lowest BCUT2D eigenvalue weighted by Crippen LogP contribution is -2.33. The summed E-state index contributed by atoms with van der Waals surface area (Å²) < 4.78 is 2.03. The molecule has 0 saturated heterocycles. The first-order valence-corrected chi connectivity index (χ1v) is 9.48. The van der Waals surface area contributed by atoms with Gasteiger partial charge in [0.15, 0.2) is 0 Å². The van der Waals surface area contributed by atoms with E-state index in [1.165, 1.54) is 11.1 Å². The Labute approximate surface area is 144 Å². The quantitative estimate of drug-likeness (QED) is 0.606. The second kappa shape index (κ2) is 7.10. The molecular formula is C17H22Br2N2. The highest BCUT2D eigenvalue weighted by Gasteiger charge is 2.31. The molecule has 2 aromatic rings. The Bertz CT molecular complexity index is 586. The van der Waals surface area contributed by atoms with Crippen LogP contribution in [0.3, 0.4) is 0 Å². The zero-order chi connectivity index (χ0) is 15.5. The molecule has 0 bridgehead atoms. The molecule has 2 rings (SSSR count). The first-order chi connectivity index (χ1) is 10.0. The number of hydrogen-bond acceptors (Lipinski definition) is 1. The second-order valence-electron chi connectivity index (χ2n) is 5.97. The van der Waals surface area contributed by atoms with Crippen LogP contribution in [-0.2, 0) is 11.8 Å². The summed E-state index contributed by atoms with van der Waals surface area (Å²) in [7, 11) is 0. The summed E-state index contributed by atoms with van der Waals surface area (Å²) in [5, 5.41) is 6.53. The monoisotopic (exact) mass is 412 g/mol. The average Bonchev–Trinajstić information content (AvgIpc) is 2.93. The number of halogens is 2. The highest BCUT2D eigenvalue weighted by atomic mass is 79.9. The number of aryl methyl sites for hydroxylation is 1. The number of hydrogen-bond donors (Lipinski definition) is 0. The molecule has 2 nitrogen and oxygen atoms in total. The van der Waals surface area contributed by atoms with Crippen molar-refractivity contribution in [3.63, 3.8) is 0 Å². The molecule has 0 radical (unpaired) electrons. The van der Waals surface area contributed by atoms with Crippen LogP contribution in [0.1, 0.15) is 36.7 Å². The van der Waals surface area contributed by atoms with E-state index in [9.17, 15) is 0 Å². The SMILES string of the molecule is Cc1cccc(C(CBr)(CBr)Cc2ccn(C(C)C)n2)c1. The number of alkyl halides is 2. The first kappa shape index (κ1) is 16.8. The maximum Gasteiger partial charge on any atom is 0.0634 e. The minimum atomic E-state index is 0.0299. The lowest BCUT2D eigenvalue weighted by Gasteiger charge is -2.30. The fourth-order valence-corrected chi connectivity index (χ4v) is 4.44. The predicted octanol–water partition coefficient (Wildman–Crippen LogP) is 5.04. The standard InChI is InChI=1S/C17H22Br2N2/c1-13(2)21-8-7-16(20-21)10-17(11-18,12-19)15-6-4-5-14(3)9-15/h4-9,13H,10-12H2,1-3H3. The highest BCUT2D eigenvalue weighted by Crippen LogP contribution is 2.33. The van der Waals surface area contributed by atoms with Gasteiger partial charge in [0.25, 0.3) is 0 Å². The van der Waals surface area contributed by atoms with Gasteiger partial charge in [-0.05, 0) is 32.4 Å². The van der Waals surface area contributed by atoms with E-state index < -0.39 is 0 Å². The van der Waals surface area contributed by atoms with Gasteiger partial charge in [-0.1, -0.05) is 61.7 Å². The zero-order valence-electron chi connectivity index (χ0n) is 12.8. The third kappa shape index (κ3) is 3.78. The van der Waals surface area contributed by atoms with Crippen LogP contribution < -0.4 is 0 Å². The predicted molar refractivity (Wildman–Crippen MR) is 96.8 cm³/mol. The normalized spacial score (nSPS) is 12.1. The van der Waals surface area contributed by atoms with E-state index in [0.29, 0.717) is 6.04 Å². The van der Waals surface area contributed by atoms with Crippen molar-refractivity contribution in [2.75, 3.05) is 10.7 Å². The number of aromatic nitrogens is 2. The molecule has 1 aromatic heterocycles. The van der Waals surface area contributed by atoms with Gasteiger partial charge in [0, 0.05) is 34.7 Å².